The topological polar surface area (TPSA) is 44.5 Å². The first-order valence-corrected chi connectivity index (χ1v) is 5.93. The Kier molecular flexibility index (Phi) is 3.84. The Hall–Kier alpha value is -1.29. The van der Waals surface area contributed by atoms with Crippen LogP contribution in [0.4, 0.5) is 10.1 Å². The maximum absolute atomic E-state index is 13.6. The van der Waals surface area contributed by atoms with E-state index in [0.717, 1.165) is 31.6 Å². The molecule has 4 heteroatoms. The Morgan fingerprint density at radius 3 is 2.82 bits per heavy atom. The summed E-state index contributed by atoms with van der Waals surface area (Å²) in [7, 11) is 0. The highest BCUT2D eigenvalue weighted by Crippen LogP contribution is 2.25. The number of hydrogen-bond donors (Lipinski definition) is 1. The quantitative estimate of drug-likeness (QED) is 0.824. The maximum atomic E-state index is 13.6. The van der Waals surface area contributed by atoms with E-state index < -0.39 is 0 Å². The van der Waals surface area contributed by atoms with Gasteiger partial charge in [0.15, 0.2) is 11.6 Å². The van der Waals surface area contributed by atoms with Crippen LogP contribution < -0.4 is 10.5 Å². The second-order valence-electron chi connectivity index (χ2n) is 4.51. The fraction of sp³-hybridized carbons (Fsp3) is 0.538. The maximum Gasteiger partial charge on any atom is 0.167 e. The van der Waals surface area contributed by atoms with Gasteiger partial charge < -0.3 is 15.2 Å². The summed E-state index contributed by atoms with van der Waals surface area (Å²) in [4.78, 5) is 0. The predicted octanol–water partition coefficient (Wildman–Crippen LogP) is 2.52. The highest BCUT2D eigenvalue weighted by molar-refractivity contribution is 5.50. The Balaban J connectivity index is 1.96. The SMILES string of the molecule is Cc1cc(OCC2CCOCC2)c(F)cc1N. The number of anilines is 1. The van der Waals surface area contributed by atoms with Crippen LogP contribution >= 0.6 is 0 Å². The summed E-state index contributed by atoms with van der Waals surface area (Å²) in [6.45, 7) is 3.94. The lowest BCUT2D eigenvalue weighted by Gasteiger charge is -2.22. The normalized spacial score (nSPS) is 17.1. The van der Waals surface area contributed by atoms with E-state index in [2.05, 4.69) is 0 Å². The third-order valence-electron chi connectivity index (χ3n) is 3.14. The van der Waals surface area contributed by atoms with Gasteiger partial charge in [-0.1, -0.05) is 0 Å². The summed E-state index contributed by atoms with van der Waals surface area (Å²) >= 11 is 0. The number of halogens is 1. The molecule has 1 saturated heterocycles. The van der Waals surface area contributed by atoms with Crippen molar-refractivity contribution in [2.24, 2.45) is 5.92 Å². The van der Waals surface area contributed by atoms with Crippen LogP contribution in [0.5, 0.6) is 5.75 Å². The molecule has 0 spiro atoms. The minimum atomic E-state index is -0.389. The molecule has 0 saturated carbocycles. The van der Waals surface area contributed by atoms with Crippen LogP contribution in [0.2, 0.25) is 0 Å². The number of nitrogens with two attached hydrogens (primary N) is 1. The van der Waals surface area contributed by atoms with E-state index >= 15 is 0 Å². The molecule has 1 aromatic rings. The molecule has 0 atom stereocenters. The molecule has 0 aliphatic carbocycles. The highest BCUT2D eigenvalue weighted by Gasteiger charge is 2.15. The molecule has 94 valence electrons. The van der Waals surface area contributed by atoms with Crippen molar-refractivity contribution in [3.05, 3.63) is 23.5 Å². The Labute approximate surface area is 101 Å². The van der Waals surface area contributed by atoms with Gasteiger partial charge in [0, 0.05) is 25.0 Å². The van der Waals surface area contributed by atoms with Gasteiger partial charge in [0.05, 0.1) is 6.61 Å². The van der Waals surface area contributed by atoms with Gasteiger partial charge >= 0.3 is 0 Å². The van der Waals surface area contributed by atoms with Gasteiger partial charge in [-0.25, -0.2) is 4.39 Å². The van der Waals surface area contributed by atoms with Crippen LogP contribution in [0.15, 0.2) is 12.1 Å². The van der Waals surface area contributed by atoms with E-state index in [0.29, 0.717) is 24.0 Å². The van der Waals surface area contributed by atoms with Gasteiger partial charge in [0.2, 0.25) is 0 Å². The number of rotatable bonds is 3. The largest absolute Gasteiger partial charge is 0.490 e. The molecular weight excluding hydrogens is 221 g/mol. The number of aryl methyl sites for hydroxylation is 1. The molecule has 0 unspecified atom stereocenters. The minimum absolute atomic E-state index is 0.295. The number of ether oxygens (including phenoxy) is 2. The monoisotopic (exact) mass is 239 g/mol. The standard InChI is InChI=1S/C13H18FNO2/c1-9-6-13(11(14)7-12(9)15)17-8-10-2-4-16-5-3-10/h6-7,10H,2-5,8,15H2,1H3. The average Bonchev–Trinajstić information content (AvgIpc) is 2.33. The molecule has 17 heavy (non-hydrogen) atoms. The van der Waals surface area contributed by atoms with E-state index in [4.69, 9.17) is 15.2 Å². The fourth-order valence-electron chi connectivity index (χ4n) is 1.90. The summed E-state index contributed by atoms with van der Waals surface area (Å²) in [5.41, 5.74) is 6.92. The van der Waals surface area contributed by atoms with Gasteiger partial charge in [0.1, 0.15) is 0 Å². The third kappa shape index (κ3) is 3.09. The zero-order valence-corrected chi connectivity index (χ0v) is 10.0. The second-order valence-corrected chi connectivity index (χ2v) is 4.51. The molecule has 0 aromatic heterocycles. The second kappa shape index (κ2) is 5.36. The smallest absolute Gasteiger partial charge is 0.167 e. The minimum Gasteiger partial charge on any atom is -0.490 e. The van der Waals surface area contributed by atoms with Crippen molar-refractivity contribution >= 4 is 5.69 Å². The van der Waals surface area contributed by atoms with Gasteiger partial charge in [-0.15, -0.1) is 0 Å². The van der Waals surface area contributed by atoms with Crippen LogP contribution in [0.1, 0.15) is 18.4 Å². The molecular formula is C13H18FNO2. The Morgan fingerprint density at radius 2 is 2.12 bits per heavy atom. The van der Waals surface area contributed by atoms with Crippen molar-refractivity contribution in [3.63, 3.8) is 0 Å². The third-order valence-corrected chi connectivity index (χ3v) is 3.14. The van der Waals surface area contributed by atoms with Crippen molar-refractivity contribution in [1.29, 1.82) is 0 Å². The summed E-state index contributed by atoms with van der Waals surface area (Å²) < 4.78 is 24.3. The van der Waals surface area contributed by atoms with Crippen molar-refractivity contribution < 1.29 is 13.9 Å². The molecule has 2 rings (SSSR count). The average molecular weight is 239 g/mol. The fourth-order valence-corrected chi connectivity index (χ4v) is 1.90. The van der Waals surface area contributed by atoms with E-state index in [-0.39, 0.29) is 5.82 Å². The molecule has 0 radical (unpaired) electrons. The first kappa shape index (κ1) is 12.2. The van der Waals surface area contributed by atoms with E-state index in [9.17, 15) is 4.39 Å². The first-order valence-electron chi connectivity index (χ1n) is 5.93. The molecule has 1 fully saturated rings. The van der Waals surface area contributed by atoms with Crippen molar-refractivity contribution in [1.82, 2.24) is 0 Å². The lowest BCUT2D eigenvalue weighted by atomic mass is 10.0. The van der Waals surface area contributed by atoms with Crippen molar-refractivity contribution in [2.45, 2.75) is 19.8 Å². The molecule has 1 aliphatic heterocycles. The molecule has 1 aliphatic rings. The summed E-state index contributed by atoms with van der Waals surface area (Å²) in [6.07, 6.45) is 1.96. The van der Waals surface area contributed by atoms with Crippen LogP contribution in [0.25, 0.3) is 0 Å². The lowest BCUT2D eigenvalue weighted by Crippen LogP contribution is -2.21. The van der Waals surface area contributed by atoms with E-state index in [1.807, 2.05) is 6.92 Å². The van der Waals surface area contributed by atoms with Crippen molar-refractivity contribution in [3.8, 4) is 5.75 Å². The summed E-state index contributed by atoms with van der Waals surface area (Å²) in [5.74, 6) is 0.365. The van der Waals surface area contributed by atoms with Gasteiger partial charge in [-0.2, -0.15) is 0 Å². The first-order chi connectivity index (χ1) is 8.16. The zero-order chi connectivity index (χ0) is 12.3. The molecule has 1 aromatic carbocycles. The van der Waals surface area contributed by atoms with Crippen LogP contribution in [-0.4, -0.2) is 19.8 Å². The molecule has 2 N–H and O–H groups in total. The van der Waals surface area contributed by atoms with Crippen LogP contribution in [-0.2, 0) is 4.74 Å². The molecule has 3 nitrogen and oxygen atoms in total. The van der Waals surface area contributed by atoms with Crippen molar-refractivity contribution in [2.75, 3.05) is 25.6 Å². The van der Waals surface area contributed by atoms with E-state index in [1.54, 1.807) is 6.07 Å². The zero-order valence-electron chi connectivity index (χ0n) is 10.0. The summed E-state index contributed by atoms with van der Waals surface area (Å²) in [6, 6.07) is 2.97. The predicted molar refractivity (Wildman–Crippen MR) is 64.6 cm³/mol. The molecule has 0 bridgehead atoms. The Bertz CT molecular complexity index is 389. The van der Waals surface area contributed by atoms with Gasteiger partial charge in [-0.3, -0.25) is 0 Å². The van der Waals surface area contributed by atoms with Crippen LogP contribution in [0.3, 0.4) is 0 Å². The van der Waals surface area contributed by atoms with Crippen LogP contribution in [0, 0.1) is 18.7 Å². The van der Waals surface area contributed by atoms with Gasteiger partial charge in [-0.05, 0) is 37.3 Å². The molecule has 0 amide bonds. The van der Waals surface area contributed by atoms with E-state index in [1.165, 1.54) is 6.07 Å². The highest BCUT2D eigenvalue weighted by atomic mass is 19.1. The number of benzene rings is 1. The lowest BCUT2D eigenvalue weighted by molar-refractivity contribution is 0.0491. The van der Waals surface area contributed by atoms with Gasteiger partial charge in [0.25, 0.3) is 0 Å². The number of nitrogen functional groups attached to an aromatic ring is 1. The Morgan fingerprint density at radius 1 is 1.41 bits per heavy atom. The number of hydrogen-bond acceptors (Lipinski definition) is 3. The molecule has 1 heterocycles. The summed E-state index contributed by atoms with van der Waals surface area (Å²) in [5, 5.41) is 0.